The van der Waals surface area contributed by atoms with Gasteiger partial charge in [-0.1, -0.05) is 11.6 Å². The fraction of sp³-hybridized carbons (Fsp3) is 0.462. The number of carbonyl (C=O) groups is 1. The first-order valence-electron chi connectivity index (χ1n) is 6.03. The maximum Gasteiger partial charge on any atom is 0.252 e. The Morgan fingerprint density at radius 2 is 1.95 bits per heavy atom. The molecule has 0 aliphatic heterocycles. The Hall–Kier alpha value is -0.920. The lowest BCUT2D eigenvalue weighted by molar-refractivity contribution is 0.0943. The second-order valence-corrected chi connectivity index (χ2v) is 8.03. The number of hydrogen-bond donors (Lipinski definition) is 2. The molecule has 0 fully saturated rings. The molecule has 0 bridgehead atoms. The smallest absolute Gasteiger partial charge is 0.252 e. The molecule has 20 heavy (non-hydrogen) atoms. The quantitative estimate of drug-likeness (QED) is 0.838. The van der Waals surface area contributed by atoms with Crippen molar-refractivity contribution in [2.75, 3.05) is 12.8 Å². The van der Waals surface area contributed by atoms with E-state index >= 15 is 0 Å². The van der Waals surface area contributed by atoms with Crippen molar-refractivity contribution in [3.05, 3.63) is 33.8 Å². The molecule has 0 saturated heterocycles. The SMILES string of the molecule is Cc1ccc(Br)c(C(=O)NCC(C)(C)NS(C)(=O)=O)c1. The Morgan fingerprint density at radius 3 is 2.50 bits per heavy atom. The van der Waals surface area contributed by atoms with E-state index in [9.17, 15) is 13.2 Å². The maximum absolute atomic E-state index is 12.1. The van der Waals surface area contributed by atoms with Gasteiger partial charge in [0.05, 0.1) is 11.8 Å². The lowest BCUT2D eigenvalue weighted by atomic mass is 10.1. The number of aryl methyl sites for hydroxylation is 1. The zero-order valence-electron chi connectivity index (χ0n) is 12.0. The minimum atomic E-state index is -3.32. The predicted octanol–water partition coefficient (Wildman–Crippen LogP) is 1.82. The molecule has 1 amide bonds. The molecule has 0 radical (unpaired) electrons. The highest BCUT2D eigenvalue weighted by atomic mass is 79.9. The largest absolute Gasteiger partial charge is 0.350 e. The molecule has 0 spiro atoms. The Morgan fingerprint density at radius 1 is 1.35 bits per heavy atom. The lowest BCUT2D eigenvalue weighted by Crippen LogP contribution is -2.51. The molecule has 1 rings (SSSR count). The van der Waals surface area contributed by atoms with Crippen LogP contribution in [0, 0.1) is 6.92 Å². The number of amides is 1. The van der Waals surface area contributed by atoms with E-state index in [1.54, 1.807) is 19.9 Å². The first kappa shape index (κ1) is 17.1. The second-order valence-electron chi connectivity index (χ2n) is 5.42. The van der Waals surface area contributed by atoms with E-state index in [-0.39, 0.29) is 12.5 Å². The van der Waals surface area contributed by atoms with Gasteiger partial charge in [0, 0.05) is 16.6 Å². The number of nitrogens with one attached hydrogen (secondary N) is 2. The molecular formula is C13H19BrN2O3S. The summed E-state index contributed by atoms with van der Waals surface area (Å²) < 4.78 is 25.6. The van der Waals surface area contributed by atoms with Crippen molar-refractivity contribution in [2.24, 2.45) is 0 Å². The highest BCUT2D eigenvalue weighted by Crippen LogP contribution is 2.18. The van der Waals surface area contributed by atoms with Gasteiger partial charge in [-0.05, 0) is 48.8 Å². The first-order valence-corrected chi connectivity index (χ1v) is 8.72. The van der Waals surface area contributed by atoms with E-state index in [2.05, 4.69) is 26.0 Å². The second kappa shape index (κ2) is 6.24. The van der Waals surface area contributed by atoms with Gasteiger partial charge < -0.3 is 5.32 Å². The molecule has 1 aromatic rings. The number of halogens is 1. The summed E-state index contributed by atoms with van der Waals surface area (Å²) in [5.41, 5.74) is 0.756. The van der Waals surface area contributed by atoms with Gasteiger partial charge in [-0.25, -0.2) is 13.1 Å². The van der Waals surface area contributed by atoms with E-state index < -0.39 is 15.6 Å². The minimum absolute atomic E-state index is 0.194. The molecule has 112 valence electrons. The molecule has 7 heteroatoms. The van der Waals surface area contributed by atoms with Gasteiger partial charge in [0.25, 0.3) is 5.91 Å². The normalized spacial score (nSPS) is 12.2. The number of benzene rings is 1. The fourth-order valence-electron chi connectivity index (χ4n) is 1.75. The zero-order chi connectivity index (χ0) is 15.6. The van der Waals surface area contributed by atoms with E-state index in [0.717, 1.165) is 11.8 Å². The third kappa shape index (κ3) is 5.60. The summed E-state index contributed by atoms with van der Waals surface area (Å²) in [7, 11) is -3.32. The Kier molecular flexibility index (Phi) is 5.34. The highest BCUT2D eigenvalue weighted by Gasteiger charge is 2.23. The minimum Gasteiger partial charge on any atom is -0.350 e. The number of hydrogen-bond acceptors (Lipinski definition) is 3. The third-order valence-electron chi connectivity index (χ3n) is 2.52. The summed E-state index contributed by atoms with van der Waals surface area (Å²) in [4.78, 5) is 12.1. The van der Waals surface area contributed by atoms with E-state index in [1.165, 1.54) is 0 Å². The predicted molar refractivity (Wildman–Crippen MR) is 83.3 cm³/mol. The molecule has 0 unspecified atom stereocenters. The van der Waals surface area contributed by atoms with Crippen molar-refractivity contribution in [3.8, 4) is 0 Å². The van der Waals surface area contributed by atoms with Crippen molar-refractivity contribution in [1.82, 2.24) is 10.0 Å². The van der Waals surface area contributed by atoms with Crippen LogP contribution in [-0.4, -0.2) is 32.7 Å². The topological polar surface area (TPSA) is 75.3 Å². The van der Waals surface area contributed by atoms with E-state index in [4.69, 9.17) is 0 Å². The molecule has 0 heterocycles. The number of sulfonamides is 1. The third-order valence-corrected chi connectivity index (χ3v) is 4.13. The summed E-state index contributed by atoms with van der Waals surface area (Å²) in [6.07, 6.45) is 1.09. The lowest BCUT2D eigenvalue weighted by Gasteiger charge is -2.25. The summed E-state index contributed by atoms with van der Waals surface area (Å²) in [5, 5.41) is 2.73. The van der Waals surface area contributed by atoms with Gasteiger partial charge in [-0.3, -0.25) is 4.79 Å². The van der Waals surface area contributed by atoms with Gasteiger partial charge in [0.15, 0.2) is 0 Å². The van der Waals surface area contributed by atoms with Crippen LogP contribution in [0.25, 0.3) is 0 Å². The van der Waals surface area contributed by atoms with Crippen molar-refractivity contribution in [2.45, 2.75) is 26.3 Å². The molecule has 0 aromatic heterocycles. The average Bonchev–Trinajstić information content (AvgIpc) is 2.26. The van der Waals surface area contributed by atoms with Crippen LogP contribution in [0.1, 0.15) is 29.8 Å². The standard InChI is InChI=1S/C13H19BrN2O3S/c1-9-5-6-11(14)10(7-9)12(17)15-8-13(2,3)16-20(4,18)19/h5-7,16H,8H2,1-4H3,(H,15,17). The van der Waals surface area contributed by atoms with Gasteiger partial charge in [-0.15, -0.1) is 0 Å². The van der Waals surface area contributed by atoms with Crippen LogP contribution in [-0.2, 0) is 10.0 Å². The monoisotopic (exact) mass is 362 g/mol. The zero-order valence-corrected chi connectivity index (χ0v) is 14.4. The van der Waals surface area contributed by atoms with Crippen molar-refractivity contribution in [1.29, 1.82) is 0 Å². The molecule has 0 saturated carbocycles. The van der Waals surface area contributed by atoms with Crippen LogP contribution in [0.15, 0.2) is 22.7 Å². The van der Waals surface area contributed by atoms with Crippen LogP contribution >= 0.6 is 15.9 Å². The Bertz CT molecular complexity index is 612. The van der Waals surface area contributed by atoms with Gasteiger partial charge in [0.1, 0.15) is 0 Å². The van der Waals surface area contributed by atoms with Crippen LogP contribution in [0.2, 0.25) is 0 Å². The Labute approximate surface area is 128 Å². The Balaban J connectivity index is 2.75. The van der Waals surface area contributed by atoms with Crippen LogP contribution in [0.4, 0.5) is 0 Å². The summed E-state index contributed by atoms with van der Waals surface area (Å²) in [6, 6.07) is 5.48. The molecule has 0 aliphatic carbocycles. The highest BCUT2D eigenvalue weighted by molar-refractivity contribution is 9.10. The van der Waals surface area contributed by atoms with Gasteiger partial charge >= 0.3 is 0 Å². The van der Waals surface area contributed by atoms with E-state index in [0.29, 0.717) is 10.0 Å². The summed E-state index contributed by atoms with van der Waals surface area (Å²) in [5.74, 6) is -0.246. The fourth-order valence-corrected chi connectivity index (χ4v) is 3.25. The summed E-state index contributed by atoms with van der Waals surface area (Å²) >= 11 is 3.33. The molecule has 0 aliphatic rings. The van der Waals surface area contributed by atoms with Crippen molar-refractivity contribution >= 4 is 31.9 Å². The van der Waals surface area contributed by atoms with Gasteiger partial charge in [0.2, 0.25) is 10.0 Å². The molecule has 1 aromatic carbocycles. The van der Waals surface area contributed by atoms with Crippen molar-refractivity contribution in [3.63, 3.8) is 0 Å². The van der Waals surface area contributed by atoms with Gasteiger partial charge in [-0.2, -0.15) is 0 Å². The molecule has 2 N–H and O–H groups in total. The van der Waals surface area contributed by atoms with Crippen LogP contribution < -0.4 is 10.0 Å². The molecule has 0 atom stereocenters. The first-order chi connectivity index (χ1) is 9.00. The van der Waals surface area contributed by atoms with E-state index in [1.807, 2.05) is 19.1 Å². The maximum atomic E-state index is 12.1. The number of rotatable bonds is 5. The average molecular weight is 363 g/mol. The van der Waals surface area contributed by atoms with Crippen LogP contribution in [0.3, 0.4) is 0 Å². The molecule has 5 nitrogen and oxygen atoms in total. The van der Waals surface area contributed by atoms with Crippen LogP contribution in [0.5, 0.6) is 0 Å². The summed E-state index contributed by atoms with van der Waals surface area (Å²) in [6.45, 7) is 5.51. The number of carbonyl (C=O) groups excluding carboxylic acids is 1. The van der Waals surface area contributed by atoms with Crippen molar-refractivity contribution < 1.29 is 13.2 Å². The molecular weight excluding hydrogens is 344 g/mol.